The summed E-state index contributed by atoms with van der Waals surface area (Å²) in [5.41, 5.74) is 4.05. The molecule has 264 valence electrons. The second kappa shape index (κ2) is 13.5. The Morgan fingerprint density at radius 1 is 1.00 bits per heavy atom. The van der Waals surface area contributed by atoms with E-state index < -0.39 is 12.1 Å². The van der Waals surface area contributed by atoms with Crippen LogP contribution < -0.4 is 26.2 Å². The molecule has 10 nitrogen and oxygen atoms in total. The van der Waals surface area contributed by atoms with Crippen LogP contribution in [0.15, 0.2) is 42.6 Å². The molecule has 0 spiro atoms. The van der Waals surface area contributed by atoms with Crippen molar-refractivity contribution in [1.29, 1.82) is 0 Å². The van der Waals surface area contributed by atoms with E-state index in [9.17, 15) is 22.8 Å². The van der Waals surface area contributed by atoms with Gasteiger partial charge in [-0.15, -0.1) is 0 Å². The highest BCUT2D eigenvalue weighted by Crippen LogP contribution is 2.47. The molecule has 15 heteroatoms. The van der Waals surface area contributed by atoms with Crippen LogP contribution in [0.5, 0.6) is 0 Å². The molecule has 3 aliphatic rings. The van der Waals surface area contributed by atoms with Crippen LogP contribution in [0, 0.1) is 17.8 Å². The number of anilines is 4. The molecule has 2 aromatic heterocycles. The number of carbonyl (C=O) groups is 2. The summed E-state index contributed by atoms with van der Waals surface area (Å²) in [5, 5.41) is 12.7. The fraction of sp³-hybridized carbons (Fsp3) is 0.429. The molecule has 3 fully saturated rings. The standard InChI is InChI=1S/C35H37Cl2F3N8O2/c1-41-29-12-18(9-10-42-29)32(49)43-15-19-3-8-25(36)31(30(19)37)46-34-45-26-13-24(33(50)44-23-6-4-22(5-7-23)35(38,39)40)27(14-28(26)47(34)2)48-16-20-11-21(20)17-48/h3,8-10,12-14,20-23H,4-7,11,15-17H2,1-2H3,(H,41,42)(H,43,49)(H,44,50)(H,45,46). The van der Waals surface area contributed by atoms with Crippen molar-refractivity contribution in [2.75, 3.05) is 35.7 Å². The Morgan fingerprint density at radius 2 is 1.74 bits per heavy atom. The Hall–Kier alpha value is -4.23. The van der Waals surface area contributed by atoms with Gasteiger partial charge in [0.15, 0.2) is 0 Å². The van der Waals surface area contributed by atoms with E-state index in [1.165, 1.54) is 6.42 Å². The quantitative estimate of drug-likeness (QED) is 0.143. The number of carbonyl (C=O) groups excluding carboxylic acids is 2. The number of imidazole rings is 1. The number of alkyl halides is 3. The summed E-state index contributed by atoms with van der Waals surface area (Å²) in [7, 11) is 3.57. The van der Waals surface area contributed by atoms with Crippen LogP contribution in [-0.2, 0) is 13.6 Å². The van der Waals surface area contributed by atoms with Crippen molar-refractivity contribution in [2.45, 2.75) is 50.9 Å². The van der Waals surface area contributed by atoms with Gasteiger partial charge in [-0.3, -0.25) is 9.59 Å². The van der Waals surface area contributed by atoms with E-state index in [4.69, 9.17) is 28.2 Å². The number of fused-ring (bicyclic) bond motifs is 2. The monoisotopic (exact) mass is 728 g/mol. The van der Waals surface area contributed by atoms with Gasteiger partial charge >= 0.3 is 6.18 Å². The molecule has 2 amide bonds. The van der Waals surface area contributed by atoms with Crippen LogP contribution in [0.2, 0.25) is 10.0 Å². The van der Waals surface area contributed by atoms with Crippen molar-refractivity contribution in [1.82, 2.24) is 25.2 Å². The number of nitrogens with zero attached hydrogens (tertiary/aromatic N) is 4. The molecule has 7 rings (SSSR count). The second-order valence-electron chi connectivity index (χ2n) is 13.5. The summed E-state index contributed by atoms with van der Waals surface area (Å²) < 4.78 is 41.6. The van der Waals surface area contributed by atoms with Crippen LogP contribution in [-0.4, -0.2) is 58.7 Å². The van der Waals surface area contributed by atoms with Crippen molar-refractivity contribution < 1.29 is 22.8 Å². The lowest BCUT2D eigenvalue weighted by Crippen LogP contribution is -2.40. The zero-order valence-electron chi connectivity index (χ0n) is 27.5. The summed E-state index contributed by atoms with van der Waals surface area (Å²) in [6, 6.07) is 10.1. The summed E-state index contributed by atoms with van der Waals surface area (Å²) in [6.07, 6.45) is -0.898. The van der Waals surface area contributed by atoms with E-state index in [-0.39, 0.29) is 50.1 Å². The minimum absolute atomic E-state index is 0.00599. The van der Waals surface area contributed by atoms with Gasteiger partial charge in [0.25, 0.3) is 11.8 Å². The average molecular weight is 730 g/mol. The normalized spacial score (nSPS) is 21.5. The molecular weight excluding hydrogens is 692 g/mol. The Bertz CT molecular complexity index is 1950. The Balaban J connectivity index is 1.13. The SMILES string of the molecule is CNc1cc(C(=O)NCc2ccc(Cl)c(Nc3nc4cc(C(=O)NC5CCC(C(F)(F)F)CC5)c(N5CC6CC6C5)cc4n3C)c2Cl)ccn1. The van der Waals surface area contributed by atoms with Gasteiger partial charge < -0.3 is 30.7 Å². The first-order valence-corrected chi connectivity index (χ1v) is 17.4. The first-order chi connectivity index (χ1) is 23.9. The van der Waals surface area contributed by atoms with Crippen LogP contribution in [0.1, 0.15) is 58.4 Å². The van der Waals surface area contributed by atoms with Gasteiger partial charge in [-0.1, -0.05) is 29.3 Å². The zero-order valence-corrected chi connectivity index (χ0v) is 29.0. The van der Waals surface area contributed by atoms with Crippen LogP contribution in [0.4, 0.5) is 36.3 Å². The second-order valence-corrected chi connectivity index (χ2v) is 14.2. The van der Waals surface area contributed by atoms with Gasteiger partial charge in [0.2, 0.25) is 5.95 Å². The van der Waals surface area contributed by atoms with Gasteiger partial charge in [-0.05, 0) is 79.8 Å². The van der Waals surface area contributed by atoms with Gasteiger partial charge in [0, 0.05) is 51.5 Å². The number of aryl methyl sites for hydroxylation is 1. The number of pyridine rings is 1. The molecule has 2 saturated carbocycles. The third kappa shape index (κ3) is 6.89. The van der Waals surface area contributed by atoms with Crippen molar-refractivity contribution in [3.05, 3.63) is 69.3 Å². The highest BCUT2D eigenvalue weighted by Gasteiger charge is 2.46. The van der Waals surface area contributed by atoms with Crippen molar-refractivity contribution in [3.8, 4) is 0 Å². The van der Waals surface area contributed by atoms with Gasteiger partial charge in [0.05, 0.1) is 43.9 Å². The minimum Gasteiger partial charge on any atom is -0.373 e. The molecule has 4 N–H and O–H groups in total. The molecule has 2 unspecified atom stereocenters. The van der Waals surface area contributed by atoms with Gasteiger partial charge in [0.1, 0.15) is 5.82 Å². The summed E-state index contributed by atoms with van der Waals surface area (Å²) in [5.74, 6) is 0.297. The molecular formula is C35H37Cl2F3N8O2. The van der Waals surface area contributed by atoms with Crippen molar-refractivity contribution >= 4 is 69.2 Å². The lowest BCUT2D eigenvalue weighted by atomic mass is 9.85. The number of rotatable bonds is 9. The molecule has 1 saturated heterocycles. The van der Waals surface area contributed by atoms with Crippen LogP contribution in [0.25, 0.3) is 11.0 Å². The predicted molar refractivity (Wildman–Crippen MR) is 188 cm³/mol. The van der Waals surface area contributed by atoms with Crippen LogP contribution in [0.3, 0.4) is 0 Å². The molecule has 50 heavy (non-hydrogen) atoms. The predicted octanol–water partition coefficient (Wildman–Crippen LogP) is 7.30. The maximum atomic E-state index is 13.8. The van der Waals surface area contributed by atoms with E-state index in [1.807, 2.05) is 17.7 Å². The highest BCUT2D eigenvalue weighted by molar-refractivity contribution is 6.39. The number of hydrogen-bond donors (Lipinski definition) is 4. The molecule has 0 bridgehead atoms. The van der Waals surface area contributed by atoms with E-state index >= 15 is 0 Å². The Labute approximate surface area is 297 Å². The maximum absolute atomic E-state index is 13.8. The average Bonchev–Trinajstić information content (AvgIpc) is 3.59. The van der Waals surface area contributed by atoms with Crippen molar-refractivity contribution in [2.24, 2.45) is 24.8 Å². The van der Waals surface area contributed by atoms with E-state index in [0.29, 0.717) is 61.5 Å². The first kappa shape index (κ1) is 34.2. The van der Waals surface area contributed by atoms with Crippen molar-refractivity contribution in [3.63, 3.8) is 0 Å². The van der Waals surface area contributed by atoms with Gasteiger partial charge in [-0.2, -0.15) is 13.2 Å². The summed E-state index contributed by atoms with van der Waals surface area (Å²) in [4.78, 5) is 37.8. The molecule has 2 aliphatic carbocycles. The molecule has 4 aromatic rings. The van der Waals surface area contributed by atoms with Crippen LogP contribution >= 0.6 is 23.2 Å². The Morgan fingerprint density at radius 3 is 2.44 bits per heavy atom. The van der Waals surface area contributed by atoms with E-state index in [2.05, 4.69) is 31.2 Å². The molecule has 1 aliphatic heterocycles. The molecule has 3 heterocycles. The number of piperidine rings is 1. The van der Waals surface area contributed by atoms with Gasteiger partial charge in [-0.25, -0.2) is 9.97 Å². The third-order valence-electron chi connectivity index (χ3n) is 10.2. The van der Waals surface area contributed by atoms with E-state index in [1.54, 1.807) is 43.6 Å². The number of amides is 2. The molecule has 2 aromatic carbocycles. The fourth-order valence-corrected chi connectivity index (χ4v) is 7.68. The zero-order chi connectivity index (χ0) is 35.3. The number of benzene rings is 2. The largest absolute Gasteiger partial charge is 0.391 e. The Kier molecular flexibility index (Phi) is 9.23. The highest BCUT2D eigenvalue weighted by atomic mass is 35.5. The fourth-order valence-electron chi connectivity index (χ4n) is 7.15. The molecule has 2 atom stereocenters. The minimum atomic E-state index is -4.21. The summed E-state index contributed by atoms with van der Waals surface area (Å²) >= 11 is 13.4. The summed E-state index contributed by atoms with van der Waals surface area (Å²) in [6.45, 7) is 1.84. The number of halogens is 5. The van der Waals surface area contributed by atoms with E-state index in [0.717, 1.165) is 24.3 Å². The first-order valence-electron chi connectivity index (χ1n) is 16.7. The number of nitrogens with one attached hydrogen (secondary N) is 4. The lowest BCUT2D eigenvalue weighted by molar-refractivity contribution is -0.182. The lowest BCUT2D eigenvalue weighted by Gasteiger charge is -2.31. The topological polar surface area (TPSA) is 116 Å². The number of hydrogen-bond acceptors (Lipinski definition) is 7. The maximum Gasteiger partial charge on any atom is 0.391 e. The molecule has 0 radical (unpaired) electrons. The third-order valence-corrected chi connectivity index (χ3v) is 11.0. The number of aromatic nitrogens is 3. The smallest absolute Gasteiger partial charge is 0.373 e.